The predicted octanol–water partition coefficient (Wildman–Crippen LogP) is 2.80. The standard InChI is InChI=1S/C16H25ClN2O2/c1-12(2)10-13(11-18)16(20)19(3)8-9-21-15-7-5-4-6-14(15)17/h4-7,12-13H,8-11,18H2,1-3H3. The van der Waals surface area contributed by atoms with E-state index in [9.17, 15) is 4.79 Å². The normalized spacial score (nSPS) is 12.3. The van der Waals surface area contributed by atoms with Gasteiger partial charge in [0.2, 0.25) is 5.91 Å². The summed E-state index contributed by atoms with van der Waals surface area (Å²) in [6, 6.07) is 7.30. The van der Waals surface area contributed by atoms with Crippen LogP contribution in [-0.2, 0) is 4.79 Å². The number of ether oxygens (including phenoxy) is 1. The molecule has 0 aliphatic rings. The summed E-state index contributed by atoms with van der Waals surface area (Å²) >= 11 is 6.01. The van der Waals surface area contributed by atoms with Crippen molar-refractivity contribution < 1.29 is 9.53 Å². The third-order valence-electron chi connectivity index (χ3n) is 3.29. The first kappa shape index (κ1) is 17.8. The molecule has 0 heterocycles. The van der Waals surface area contributed by atoms with Gasteiger partial charge in [-0.15, -0.1) is 0 Å². The summed E-state index contributed by atoms with van der Waals surface area (Å²) in [5.74, 6) is 1.05. The Hall–Kier alpha value is -1.26. The highest BCUT2D eigenvalue weighted by atomic mass is 35.5. The van der Waals surface area contributed by atoms with Gasteiger partial charge in [-0.2, -0.15) is 0 Å². The lowest BCUT2D eigenvalue weighted by Crippen LogP contribution is -2.39. The summed E-state index contributed by atoms with van der Waals surface area (Å²) in [5, 5.41) is 0.575. The lowest BCUT2D eigenvalue weighted by molar-refractivity contribution is -0.134. The number of carbonyl (C=O) groups excluding carboxylic acids is 1. The number of amides is 1. The molecule has 0 saturated heterocycles. The van der Waals surface area contributed by atoms with Crippen molar-refractivity contribution in [3.63, 3.8) is 0 Å². The van der Waals surface area contributed by atoms with Crippen LogP contribution in [0.15, 0.2) is 24.3 Å². The smallest absolute Gasteiger partial charge is 0.226 e. The minimum atomic E-state index is -0.115. The summed E-state index contributed by atoms with van der Waals surface area (Å²) < 4.78 is 5.59. The third kappa shape index (κ3) is 5.94. The molecule has 1 rings (SSSR count). The Morgan fingerprint density at radius 3 is 2.62 bits per heavy atom. The maximum absolute atomic E-state index is 12.3. The topological polar surface area (TPSA) is 55.6 Å². The molecule has 1 amide bonds. The first-order valence-electron chi connectivity index (χ1n) is 7.28. The average molecular weight is 313 g/mol. The molecule has 0 aromatic heterocycles. The predicted molar refractivity (Wildman–Crippen MR) is 86.6 cm³/mol. The van der Waals surface area contributed by atoms with Crippen molar-refractivity contribution in [1.29, 1.82) is 0 Å². The van der Waals surface area contributed by atoms with Crippen molar-refractivity contribution in [1.82, 2.24) is 4.90 Å². The van der Waals surface area contributed by atoms with Gasteiger partial charge in [0.15, 0.2) is 0 Å². The third-order valence-corrected chi connectivity index (χ3v) is 3.60. The van der Waals surface area contributed by atoms with E-state index in [0.29, 0.717) is 36.4 Å². The fourth-order valence-electron chi connectivity index (χ4n) is 2.14. The second-order valence-corrected chi connectivity index (χ2v) is 6.01. The zero-order valence-electron chi connectivity index (χ0n) is 13.0. The highest BCUT2D eigenvalue weighted by Crippen LogP contribution is 2.23. The van der Waals surface area contributed by atoms with E-state index < -0.39 is 0 Å². The van der Waals surface area contributed by atoms with E-state index in [1.807, 2.05) is 18.2 Å². The van der Waals surface area contributed by atoms with Gasteiger partial charge in [-0.3, -0.25) is 4.79 Å². The Morgan fingerprint density at radius 1 is 1.38 bits per heavy atom. The molecule has 0 aliphatic heterocycles. The molecule has 1 aromatic carbocycles. The van der Waals surface area contributed by atoms with Crippen LogP contribution in [0.2, 0.25) is 5.02 Å². The van der Waals surface area contributed by atoms with Gasteiger partial charge >= 0.3 is 0 Å². The minimum absolute atomic E-state index is 0.0777. The average Bonchev–Trinajstić information content (AvgIpc) is 2.45. The Labute approximate surface area is 132 Å². The number of hydrogen-bond acceptors (Lipinski definition) is 3. The largest absolute Gasteiger partial charge is 0.490 e. The van der Waals surface area contributed by atoms with Gasteiger partial charge in [0.1, 0.15) is 12.4 Å². The van der Waals surface area contributed by atoms with Gasteiger partial charge in [0.05, 0.1) is 17.5 Å². The van der Waals surface area contributed by atoms with Crippen molar-refractivity contribution in [3.05, 3.63) is 29.3 Å². The number of nitrogens with zero attached hydrogens (tertiary/aromatic N) is 1. The summed E-state index contributed by atoms with van der Waals surface area (Å²) in [5.41, 5.74) is 5.70. The molecule has 4 nitrogen and oxygen atoms in total. The molecule has 1 aromatic rings. The molecular formula is C16H25ClN2O2. The molecule has 5 heteroatoms. The Morgan fingerprint density at radius 2 is 2.05 bits per heavy atom. The molecule has 21 heavy (non-hydrogen) atoms. The van der Waals surface area contributed by atoms with Gasteiger partial charge in [-0.1, -0.05) is 37.6 Å². The van der Waals surface area contributed by atoms with Crippen molar-refractivity contribution >= 4 is 17.5 Å². The van der Waals surface area contributed by atoms with Crippen LogP contribution in [-0.4, -0.2) is 37.6 Å². The van der Waals surface area contributed by atoms with Gasteiger partial charge in [-0.25, -0.2) is 0 Å². The number of halogens is 1. The molecule has 0 fully saturated rings. The first-order valence-corrected chi connectivity index (χ1v) is 7.65. The number of para-hydroxylation sites is 1. The van der Waals surface area contributed by atoms with Gasteiger partial charge in [0.25, 0.3) is 0 Å². The van der Waals surface area contributed by atoms with Crippen molar-refractivity contribution in [3.8, 4) is 5.75 Å². The number of nitrogens with two attached hydrogens (primary N) is 1. The zero-order valence-corrected chi connectivity index (χ0v) is 13.8. The summed E-state index contributed by atoms with van der Waals surface area (Å²) in [6.45, 7) is 5.49. The minimum Gasteiger partial charge on any atom is -0.490 e. The highest BCUT2D eigenvalue weighted by Gasteiger charge is 2.21. The van der Waals surface area contributed by atoms with E-state index in [1.54, 1.807) is 18.0 Å². The van der Waals surface area contributed by atoms with Gasteiger partial charge in [-0.05, 0) is 24.5 Å². The lowest BCUT2D eigenvalue weighted by Gasteiger charge is -2.24. The maximum Gasteiger partial charge on any atom is 0.226 e. The molecule has 0 radical (unpaired) electrons. The van der Waals surface area contributed by atoms with E-state index >= 15 is 0 Å². The molecule has 1 atom stereocenters. The fourth-order valence-corrected chi connectivity index (χ4v) is 2.33. The van der Waals surface area contributed by atoms with Crippen LogP contribution in [0.25, 0.3) is 0 Å². The van der Waals surface area contributed by atoms with Crippen LogP contribution in [0.4, 0.5) is 0 Å². The molecule has 2 N–H and O–H groups in total. The fraction of sp³-hybridized carbons (Fsp3) is 0.562. The van der Waals surface area contributed by atoms with Crippen LogP contribution in [0.3, 0.4) is 0 Å². The highest BCUT2D eigenvalue weighted by molar-refractivity contribution is 6.32. The maximum atomic E-state index is 12.3. The van der Waals surface area contributed by atoms with Gasteiger partial charge < -0.3 is 15.4 Å². The number of rotatable bonds is 8. The molecule has 0 spiro atoms. The summed E-state index contributed by atoms with van der Waals surface area (Å²) in [7, 11) is 1.78. The Kier molecular flexibility index (Phi) is 7.54. The SMILES string of the molecule is CC(C)CC(CN)C(=O)N(C)CCOc1ccccc1Cl. The van der Waals surface area contributed by atoms with Gasteiger partial charge in [0, 0.05) is 13.6 Å². The number of benzene rings is 1. The molecule has 1 unspecified atom stereocenters. The Bertz CT molecular complexity index is 452. The second kappa shape index (κ2) is 8.90. The van der Waals surface area contributed by atoms with Crippen LogP contribution >= 0.6 is 11.6 Å². The van der Waals surface area contributed by atoms with E-state index in [1.165, 1.54) is 0 Å². The number of likely N-dealkylation sites (N-methyl/N-ethyl adjacent to an activating group) is 1. The molecule has 0 aliphatic carbocycles. The van der Waals surface area contributed by atoms with Crippen molar-refractivity contribution in [2.45, 2.75) is 20.3 Å². The Balaban J connectivity index is 2.44. The molecule has 118 valence electrons. The van der Waals surface area contributed by atoms with E-state index in [2.05, 4.69) is 13.8 Å². The lowest BCUT2D eigenvalue weighted by atomic mass is 9.96. The second-order valence-electron chi connectivity index (χ2n) is 5.60. The van der Waals surface area contributed by atoms with Crippen LogP contribution in [0, 0.1) is 11.8 Å². The van der Waals surface area contributed by atoms with Crippen LogP contribution < -0.4 is 10.5 Å². The number of carbonyl (C=O) groups is 1. The number of hydrogen-bond donors (Lipinski definition) is 1. The monoisotopic (exact) mass is 312 g/mol. The summed E-state index contributed by atoms with van der Waals surface area (Å²) in [4.78, 5) is 14.0. The molecule has 0 saturated carbocycles. The van der Waals surface area contributed by atoms with E-state index in [4.69, 9.17) is 22.1 Å². The zero-order chi connectivity index (χ0) is 15.8. The van der Waals surface area contributed by atoms with Crippen molar-refractivity contribution in [2.24, 2.45) is 17.6 Å². The van der Waals surface area contributed by atoms with Crippen LogP contribution in [0.1, 0.15) is 20.3 Å². The molecular weight excluding hydrogens is 288 g/mol. The van der Waals surface area contributed by atoms with Crippen LogP contribution in [0.5, 0.6) is 5.75 Å². The van der Waals surface area contributed by atoms with E-state index in [0.717, 1.165) is 6.42 Å². The summed E-state index contributed by atoms with van der Waals surface area (Å²) in [6.07, 6.45) is 0.811. The molecule has 0 bridgehead atoms. The quantitative estimate of drug-likeness (QED) is 0.803. The first-order chi connectivity index (χ1) is 9.95. The van der Waals surface area contributed by atoms with E-state index in [-0.39, 0.29) is 11.8 Å². The van der Waals surface area contributed by atoms with Crippen molar-refractivity contribution in [2.75, 3.05) is 26.7 Å².